The van der Waals surface area contributed by atoms with E-state index >= 15 is 0 Å². The van der Waals surface area contributed by atoms with Crippen molar-refractivity contribution in [2.24, 2.45) is 0 Å². The average molecular weight is 205 g/mol. The molecule has 0 saturated heterocycles. The summed E-state index contributed by atoms with van der Waals surface area (Å²) < 4.78 is 0. The Balaban J connectivity index is 0. The van der Waals surface area contributed by atoms with Gasteiger partial charge in [0, 0.05) is 0 Å². The third-order valence-corrected chi connectivity index (χ3v) is 0. The molecule has 0 spiro atoms. The summed E-state index contributed by atoms with van der Waals surface area (Å²) in [5.41, 5.74) is 0. The molecule has 0 aliphatic heterocycles. The average Bonchev–Trinajstić information content (AvgIpc) is 0.918. The quantitative estimate of drug-likeness (QED) is 0.275. The van der Waals surface area contributed by atoms with Gasteiger partial charge in [0.1, 0.15) is 0 Å². The van der Waals surface area contributed by atoms with Crippen LogP contribution in [0.15, 0.2) is 0 Å². The van der Waals surface area contributed by atoms with Gasteiger partial charge >= 0.3 is 55.6 Å². The first-order valence-electron chi connectivity index (χ1n) is 0.286. The van der Waals surface area contributed by atoms with Gasteiger partial charge in [-0.3, -0.25) is 0 Å². The standard InChI is InChI=1S/Cl2I.Li/c1-3-2;/q-1;+1. The van der Waals surface area contributed by atoms with E-state index in [1.54, 1.807) is 0 Å². The van der Waals surface area contributed by atoms with E-state index in [1.165, 1.54) is 0 Å². The first-order valence-corrected chi connectivity index (χ1v) is 5.75. The topological polar surface area (TPSA) is 0 Å². The molecular formula is Cl2ILi. The van der Waals surface area contributed by atoms with Crippen LogP contribution in [0.3, 0.4) is 0 Å². The molecular weight excluding hydrogens is 205 g/mol. The smallest absolute Gasteiger partial charge is 1.00 e. The molecule has 0 nitrogen and oxygen atoms in total. The Bertz CT molecular complexity index is 6.00. The van der Waals surface area contributed by atoms with Crippen molar-refractivity contribution in [3.8, 4) is 0 Å². The second-order valence-corrected chi connectivity index (χ2v) is 3.26. The van der Waals surface area contributed by atoms with Gasteiger partial charge in [-0.25, -0.2) is 0 Å². The van der Waals surface area contributed by atoms with E-state index in [1.807, 2.05) is 0 Å². The molecule has 4 heavy (non-hydrogen) atoms. The van der Waals surface area contributed by atoms with E-state index in [9.17, 15) is 0 Å². The second-order valence-electron chi connectivity index (χ2n) is 0.0540. The van der Waals surface area contributed by atoms with Crippen LogP contribution >= 0.6 is 17.8 Å². The molecule has 0 atom stereocenters. The summed E-state index contributed by atoms with van der Waals surface area (Å²) in [6.45, 7) is 0. The second kappa shape index (κ2) is 8.86. The van der Waals surface area contributed by atoms with Crippen LogP contribution in [0.1, 0.15) is 0 Å². The monoisotopic (exact) mass is 204 g/mol. The number of rotatable bonds is 0. The zero-order chi connectivity index (χ0) is 2.71. The van der Waals surface area contributed by atoms with E-state index in [0.717, 1.165) is 0 Å². The predicted molar refractivity (Wildman–Crippen MR) is 11.7 cm³/mol. The van der Waals surface area contributed by atoms with Crippen LogP contribution in [0.5, 0.6) is 0 Å². The van der Waals surface area contributed by atoms with Crippen molar-refractivity contribution < 1.29 is 37.8 Å². The Hall–Kier alpha value is 1.91. The van der Waals surface area contributed by atoms with E-state index < -0.39 is 18.9 Å². The molecule has 0 radical (unpaired) electrons. The van der Waals surface area contributed by atoms with Crippen LogP contribution in [0, 0.1) is 0 Å². The van der Waals surface area contributed by atoms with Gasteiger partial charge in [-0.05, 0) is 0 Å². The SMILES string of the molecule is Cl[I-]Cl.[Li+]. The van der Waals surface area contributed by atoms with Crippen molar-refractivity contribution in [3.05, 3.63) is 0 Å². The summed E-state index contributed by atoms with van der Waals surface area (Å²) in [4.78, 5) is 0. The molecule has 0 bridgehead atoms. The van der Waals surface area contributed by atoms with E-state index in [0.29, 0.717) is 0 Å². The molecule has 0 heterocycles. The van der Waals surface area contributed by atoms with Gasteiger partial charge in [-0.1, -0.05) is 0 Å². The number of hydrogen-bond donors (Lipinski definition) is 0. The minimum absolute atomic E-state index is 0. The van der Waals surface area contributed by atoms with Crippen molar-refractivity contribution >= 4 is 17.8 Å². The van der Waals surface area contributed by atoms with Crippen LogP contribution in [-0.4, -0.2) is 0 Å². The van der Waals surface area contributed by atoms with Crippen molar-refractivity contribution in [3.63, 3.8) is 0 Å². The van der Waals surface area contributed by atoms with Crippen LogP contribution in [-0.2, 0) is 0 Å². The molecule has 0 fully saturated rings. The Morgan fingerprint density at radius 3 is 1.25 bits per heavy atom. The molecule has 0 unspecified atom stereocenters. The van der Waals surface area contributed by atoms with E-state index in [-0.39, 0.29) is 18.9 Å². The third kappa shape index (κ3) is 9.08. The van der Waals surface area contributed by atoms with E-state index in [2.05, 4.69) is 0 Å². The fourth-order valence-electron chi connectivity index (χ4n) is 0. The first-order chi connectivity index (χ1) is 1.41. The first kappa shape index (κ1) is 9.32. The van der Waals surface area contributed by atoms with Gasteiger partial charge in [0.05, 0.1) is 0 Å². The zero-order valence-corrected chi connectivity index (χ0v) is 5.80. The summed E-state index contributed by atoms with van der Waals surface area (Å²) in [5.74, 6) is 0. The molecule has 22 valence electrons. The fourth-order valence-corrected chi connectivity index (χ4v) is 0. The van der Waals surface area contributed by atoms with Gasteiger partial charge < -0.3 is 0 Å². The fraction of sp³-hybridized carbons (Fsp3) is 0. The van der Waals surface area contributed by atoms with Gasteiger partial charge in [0.15, 0.2) is 0 Å². The van der Waals surface area contributed by atoms with Crippen molar-refractivity contribution in [2.75, 3.05) is 0 Å². The minimum atomic E-state index is -0.466. The summed E-state index contributed by atoms with van der Waals surface area (Å²) in [6.07, 6.45) is 0. The van der Waals surface area contributed by atoms with Crippen LogP contribution in [0.25, 0.3) is 0 Å². The molecule has 0 aromatic rings. The largest absolute Gasteiger partial charge is 1.00 e. The summed E-state index contributed by atoms with van der Waals surface area (Å²) in [5, 5.41) is 0. The molecule has 0 rings (SSSR count). The number of halogens is 3. The van der Waals surface area contributed by atoms with Gasteiger partial charge in [-0.15, -0.1) is 0 Å². The Morgan fingerprint density at radius 2 is 1.25 bits per heavy atom. The van der Waals surface area contributed by atoms with Crippen LogP contribution in [0.4, 0.5) is 0 Å². The van der Waals surface area contributed by atoms with Gasteiger partial charge in [-0.2, -0.15) is 0 Å². The van der Waals surface area contributed by atoms with Crippen molar-refractivity contribution in [1.29, 1.82) is 0 Å². The van der Waals surface area contributed by atoms with E-state index in [4.69, 9.17) is 17.8 Å². The van der Waals surface area contributed by atoms with Gasteiger partial charge in [0.2, 0.25) is 0 Å². The number of hydrogen-bond acceptors (Lipinski definition) is 0. The maximum atomic E-state index is 4.87. The minimum Gasteiger partial charge on any atom is 1.00 e. The summed E-state index contributed by atoms with van der Waals surface area (Å²) in [6, 6.07) is 0. The molecule has 0 aromatic heterocycles. The third-order valence-electron chi connectivity index (χ3n) is 0. The Labute approximate surface area is 55.1 Å². The summed E-state index contributed by atoms with van der Waals surface area (Å²) in [7, 11) is 9.75. The molecule has 0 amide bonds. The zero-order valence-electron chi connectivity index (χ0n) is 2.13. The summed E-state index contributed by atoms with van der Waals surface area (Å²) >= 11 is -0.466. The Kier molecular flexibility index (Phi) is 20.6. The normalized spacial score (nSPS) is 5.50. The predicted octanol–water partition coefficient (Wildman–Crippen LogP) is -4.61. The van der Waals surface area contributed by atoms with Gasteiger partial charge in [0.25, 0.3) is 0 Å². The molecule has 0 aromatic carbocycles. The molecule has 0 N–H and O–H groups in total. The maximum absolute atomic E-state index is 4.87. The molecule has 0 saturated carbocycles. The molecule has 4 heteroatoms. The maximum Gasteiger partial charge on any atom is 1.00 e. The Morgan fingerprint density at radius 1 is 1.25 bits per heavy atom. The molecule has 0 aliphatic rings. The van der Waals surface area contributed by atoms with Crippen LogP contribution < -0.4 is 37.8 Å². The van der Waals surface area contributed by atoms with Crippen LogP contribution in [0.2, 0.25) is 0 Å². The van der Waals surface area contributed by atoms with Crippen molar-refractivity contribution in [1.82, 2.24) is 0 Å². The van der Waals surface area contributed by atoms with Crippen molar-refractivity contribution in [2.45, 2.75) is 0 Å². The molecule has 0 aliphatic carbocycles.